The molecule has 0 radical (unpaired) electrons. The Kier molecular flexibility index (Phi) is 6.69. The van der Waals surface area contributed by atoms with Gasteiger partial charge >= 0.3 is 5.97 Å². The molecule has 0 aliphatic carbocycles. The minimum atomic E-state index is -0.717. The van der Waals surface area contributed by atoms with E-state index in [2.05, 4.69) is 0 Å². The highest BCUT2D eigenvalue weighted by Crippen LogP contribution is 2.16. The summed E-state index contributed by atoms with van der Waals surface area (Å²) in [4.78, 5) is 10.3. The summed E-state index contributed by atoms with van der Waals surface area (Å²) < 4.78 is 5.50. The van der Waals surface area contributed by atoms with E-state index in [0.717, 1.165) is 37.9 Å². The van der Waals surface area contributed by atoms with Gasteiger partial charge in [-0.1, -0.05) is 19.3 Å². The molecule has 0 aliphatic rings. The number of phenols is 1. The summed E-state index contributed by atoms with van der Waals surface area (Å²) >= 11 is 0. The average Bonchev–Trinajstić information content (AvgIpc) is 2.34. The molecular formula is C14H20O4. The van der Waals surface area contributed by atoms with Crippen LogP contribution in [-0.2, 0) is 4.79 Å². The zero-order valence-electron chi connectivity index (χ0n) is 10.5. The fraction of sp³-hybridized carbons (Fsp3) is 0.500. The second-order valence-corrected chi connectivity index (χ2v) is 4.25. The first-order chi connectivity index (χ1) is 8.68. The first kappa shape index (κ1) is 14.4. The number of hydrogen-bond acceptors (Lipinski definition) is 3. The highest BCUT2D eigenvalue weighted by molar-refractivity contribution is 5.66. The van der Waals surface area contributed by atoms with Crippen molar-refractivity contribution in [3.05, 3.63) is 24.3 Å². The van der Waals surface area contributed by atoms with Crippen LogP contribution in [0.25, 0.3) is 0 Å². The van der Waals surface area contributed by atoms with Crippen molar-refractivity contribution >= 4 is 5.97 Å². The predicted octanol–water partition coefficient (Wildman–Crippen LogP) is 3.20. The molecule has 1 aromatic rings. The summed E-state index contributed by atoms with van der Waals surface area (Å²) in [6.07, 6.45) is 5.06. The summed E-state index contributed by atoms with van der Waals surface area (Å²) in [6, 6.07) is 6.67. The maximum absolute atomic E-state index is 10.3. The minimum absolute atomic E-state index is 0.237. The molecule has 4 heteroatoms. The van der Waals surface area contributed by atoms with E-state index < -0.39 is 5.97 Å². The fourth-order valence-corrected chi connectivity index (χ4v) is 1.64. The van der Waals surface area contributed by atoms with Crippen molar-refractivity contribution in [1.82, 2.24) is 0 Å². The lowest BCUT2D eigenvalue weighted by molar-refractivity contribution is -0.137. The number of carboxylic acid groups (broad SMARTS) is 1. The third-order valence-electron chi connectivity index (χ3n) is 2.64. The lowest BCUT2D eigenvalue weighted by Crippen LogP contribution is -1.97. The van der Waals surface area contributed by atoms with E-state index in [9.17, 15) is 4.79 Å². The number of ether oxygens (including phenoxy) is 1. The second kappa shape index (κ2) is 8.39. The molecule has 1 aromatic carbocycles. The molecule has 100 valence electrons. The molecule has 0 aromatic heterocycles. The van der Waals surface area contributed by atoms with E-state index >= 15 is 0 Å². The Bertz CT molecular complexity index is 345. The zero-order valence-corrected chi connectivity index (χ0v) is 10.5. The summed E-state index contributed by atoms with van der Waals surface area (Å²) in [5.41, 5.74) is 0. The van der Waals surface area contributed by atoms with Gasteiger partial charge in [-0.05, 0) is 37.1 Å². The molecule has 0 amide bonds. The molecule has 0 fully saturated rings. The monoisotopic (exact) mass is 252 g/mol. The Morgan fingerprint density at radius 2 is 1.61 bits per heavy atom. The minimum Gasteiger partial charge on any atom is -0.508 e. The molecule has 2 N–H and O–H groups in total. The Balaban J connectivity index is 1.95. The number of aliphatic carboxylic acids is 1. The van der Waals surface area contributed by atoms with E-state index in [4.69, 9.17) is 14.9 Å². The SMILES string of the molecule is O=C(O)CCCCCCCOc1ccc(O)cc1. The zero-order chi connectivity index (χ0) is 13.2. The van der Waals surface area contributed by atoms with Crippen LogP contribution in [0.5, 0.6) is 11.5 Å². The van der Waals surface area contributed by atoms with Gasteiger partial charge in [-0.15, -0.1) is 0 Å². The van der Waals surface area contributed by atoms with Gasteiger partial charge in [0.05, 0.1) is 6.61 Å². The van der Waals surface area contributed by atoms with Crippen molar-refractivity contribution in [2.45, 2.75) is 38.5 Å². The number of aromatic hydroxyl groups is 1. The van der Waals surface area contributed by atoms with Crippen molar-refractivity contribution in [2.75, 3.05) is 6.61 Å². The van der Waals surface area contributed by atoms with Crippen LogP contribution in [0.15, 0.2) is 24.3 Å². The topological polar surface area (TPSA) is 66.8 Å². The maximum Gasteiger partial charge on any atom is 0.303 e. The lowest BCUT2D eigenvalue weighted by atomic mass is 10.1. The third kappa shape index (κ3) is 6.78. The number of hydrogen-bond donors (Lipinski definition) is 2. The first-order valence-corrected chi connectivity index (χ1v) is 6.32. The molecule has 0 unspecified atom stereocenters. The van der Waals surface area contributed by atoms with E-state index in [1.165, 1.54) is 0 Å². The molecule has 0 saturated carbocycles. The van der Waals surface area contributed by atoms with Crippen LogP contribution in [0, 0.1) is 0 Å². The Morgan fingerprint density at radius 3 is 2.28 bits per heavy atom. The fourth-order valence-electron chi connectivity index (χ4n) is 1.64. The van der Waals surface area contributed by atoms with Crippen molar-refractivity contribution in [1.29, 1.82) is 0 Å². The van der Waals surface area contributed by atoms with E-state index in [1.54, 1.807) is 24.3 Å². The molecule has 1 rings (SSSR count). The van der Waals surface area contributed by atoms with Gasteiger partial charge in [0, 0.05) is 6.42 Å². The van der Waals surface area contributed by atoms with Crippen LogP contribution in [0.2, 0.25) is 0 Å². The van der Waals surface area contributed by atoms with Gasteiger partial charge in [0.2, 0.25) is 0 Å². The molecule has 0 heterocycles. The highest BCUT2D eigenvalue weighted by Gasteiger charge is 1.97. The molecule has 18 heavy (non-hydrogen) atoms. The first-order valence-electron chi connectivity index (χ1n) is 6.32. The van der Waals surface area contributed by atoms with Gasteiger partial charge < -0.3 is 14.9 Å². The van der Waals surface area contributed by atoms with Crippen LogP contribution >= 0.6 is 0 Å². The van der Waals surface area contributed by atoms with Gasteiger partial charge in [0.15, 0.2) is 0 Å². The van der Waals surface area contributed by atoms with E-state index in [-0.39, 0.29) is 12.2 Å². The normalized spacial score (nSPS) is 10.2. The largest absolute Gasteiger partial charge is 0.508 e. The van der Waals surface area contributed by atoms with Gasteiger partial charge in [0.25, 0.3) is 0 Å². The Morgan fingerprint density at radius 1 is 1.00 bits per heavy atom. The molecular weight excluding hydrogens is 232 g/mol. The molecule has 0 aliphatic heterocycles. The Labute approximate surface area is 107 Å². The summed E-state index contributed by atoms with van der Waals surface area (Å²) in [5, 5.41) is 17.6. The molecule has 0 atom stereocenters. The van der Waals surface area contributed by atoms with Gasteiger partial charge in [-0.2, -0.15) is 0 Å². The van der Waals surface area contributed by atoms with Crippen LogP contribution in [0.4, 0.5) is 0 Å². The smallest absolute Gasteiger partial charge is 0.303 e. The van der Waals surface area contributed by atoms with Crippen molar-refractivity contribution in [3.8, 4) is 11.5 Å². The summed E-state index contributed by atoms with van der Waals surface area (Å²) in [7, 11) is 0. The summed E-state index contributed by atoms with van der Waals surface area (Å²) in [6.45, 7) is 0.656. The quantitative estimate of drug-likeness (QED) is 0.662. The number of rotatable bonds is 9. The second-order valence-electron chi connectivity index (χ2n) is 4.25. The van der Waals surface area contributed by atoms with E-state index in [1.807, 2.05) is 0 Å². The number of unbranched alkanes of at least 4 members (excludes halogenated alkanes) is 4. The number of carboxylic acids is 1. The predicted molar refractivity (Wildman–Crippen MR) is 68.9 cm³/mol. The van der Waals surface area contributed by atoms with Crippen LogP contribution in [0.1, 0.15) is 38.5 Å². The van der Waals surface area contributed by atoms with Gasteiger partial charge in [-0.3, -0.25) is 4.79 Å². The Hall–Kier alpha value is -1.71. The number of phenolic OH excluding ortho intramolecular Hbond substituents is 1. The van der Waals surface area contributed by atoms with E-state index in [0.29, 0.717) is 6.61 Å². The van der Waals surface area contributed by atoms with Crippen LogP contribution in [0.3, 0.4) is 0 Å². The average molecular weight is 252 g/mol. The standard InChI is InChI=1S/C14H20O4/c15-12-7-9-13(10-8-12)18-11-5-3-1-2-4-6-14(16)17/h7-10,15H,1-6,11H2,(H,16,17). The van der Waals surface area contributed by atoms with Crippen LogP contribution in [-0.4, -0.2) is 22.8 Å². The van der Waals surface area contributed by atoms with Gasteiger partial charge in [0.1, 0.15) is 11.5 Å². The molecule has 0 bridgehead atoms. The number of benzene rings is 1. The maximum atomic E-state index is 10.3. The molecule has 0 saturated heterocycles. The number of carbonyl (C=O) groups is 1. The van der Waals surface area contributed by atoms with Crippen LogP contribution < -0.4 is 4.74 Å². The van der Waals surface area contributed by atoms with Crippen molar-refractivity contribution in [2.24, 2.45) is 0 Å². The highest BCUT2D eigenvalue weighted by atomic mass is 16.5. The van der Waals surface area contributed by atoms with Crippen molar-refractivity contribution in [3.63, 3.8) is 0 Å². The van der Waals surface area contributed by atoms with Crippen molar-refractivity contribution < 1.29 is 19.7 Å². The van der Waals surface area contributed by atoms with Gasteiger partial charge in [-0.25, -0.2) is 0 Å². The molecule has 0 spiro atoms. The lowest BCUT2D eigenvalue weighted by Gasteiger charge is -2.05. The third-order valence-corrected chi connectivity index (χ3v) is 2.64. The molecule has 4 nitrogen and oxygen atoms in total. The summed E-state index contributed by atoms with van der Waals surface area (Å²) in [5.74, 6) is 0.283.